The fraction of sp³-hybridized carbons (Fsp3) is 0.533. The normalized spacial score (nSPS) is 12.6. The quantitative estimate of drug-likeness (QED) is 0.421. The molecule has 0 aromatic heterocycles. The van der Waals surface area contributed by atoms with Gasteiger partial charge in [-0.05, 0) is 25.6 Å². The second kappa shape index (κ2) is 7.88. The smallest absolute Gasteiger partial charge is 0.0924 e. The predicted octanol–water partition coefficient (Wildman–Crippen LogP) is 3.18. The van der Waals surface area contributed by atoms with Crippen LogP contribution in [0.4, 0.5) is 0 Å². The summed E-state index contributed by atoms with van der Waals surface area (Å²) in [7, 11) is 2.12. The molecule has 0 heterocycles. The molecule has 0 saturated heterocycles. The number of unbranched alkanes of at least 4 members (excludes halogenated alkanes) is 2. The molecule has 3 N–H and O–H groups in total. The predicted molar refractivity (Wildman–Crippen MR) is 77.9 cm³/mol. The molecule has 1 rings (SSSR count). The Labute approximate surface area is 111 Å². The van der Waals surface area contributed by atoms with Crippen molar-refractivity contribution in [2.75, 3.05) is 13.6 Å². The van der Waals surface area contributed by atoms with Crippen LogP contribution < -0.4 is 5.73 Å². The Kier molecular flexibility index (Phi) is 6.44. The van der Waals surface area contributed by atoms with Gasteiger partial charge < -0.3 is 5.73 Å². The van der Waals surface area contributed by atoms with Crippen LogP contribution in [0.3, 0.4) is 0 Å². The van der Waals surface area contributed by atoms with Crippen molar-refractivity contribution >= 4 is 5.84 Å². The largest absolute Gasteiger partial charge is 0.388 e. The van der Waals surface area contributed by atoms with Crippen molar-refractivity contribution in [2.24, 2.45) is 5.73 Å². The SMILES string of the molecule is CCCCCN(C)C(CC(=N)N)c1ccccc1. The molecule has 0 aliphatic carbocycles. The van der Waals surface area contributed by atoms with Gasteiger partial charge in [-0.3, -0.25) is 10.3 Å². The number of hydrogen-bond donors (Lipinski definition) is 2. The molecule has 1 aromatic rings. The Balaban J connectivity index is 2.69. The Morgan fingerprint density at radius 3 is 2.50 bits per heavy atom. The van der Waals surface area contributed by atoms with Gasteiger partial charge in [0.1, 0.15) is 0 Å². The number of nitrogens with one attached hydrogen (secondary N) is 1. The second-order valence-corrected chi connectivity index (χ2v) is 4.84. The minimum Gasteiger partial charge on any atom is -0.388 e. The van der Waals surface area contributed by atoms with E-state index in [2.05, 4.69) is 31.0 Å². The first kappa shape index (κ1) is 14.7. The zero-order chi connectivity index (χ0) is 13.4. The lowest BCUT2D eigenvalue weighted by Gasteiger charge is -2.28. The Bertz CT molecular complexity index is 348. The summed E-state index contributed by atoms with van der Waals surface area (Å²) in [6.45, 7) is 3.27. The topological polar surface area (TPSA) is 53.1 Å². The third-order valence-electron chi connectivity index (χ3n) is 3.24. The van der Waals surface area contributed by atoms with E-state index in [1.54, 1.807) is 0 Å². The van der Waals surface area contributed by atoms with Gasteiger partial charge in [0.15, 0.2) is 0 Å². The van der Waals surface area contributed by atoms with E-state index in [4.69, 9.17) is 11.1 Å². The van der Waals surface area contributed by atoms with Crippen LogP contribution in [0.2, 0.25) is 0 Å². The zero-order valence-electron chi connectivity index (χ0n) is 11.5. The maximum atomic E-state index is 7.53. The highest BCUT2D eigenvalue weighted by Gasteiger charge is 2.17. The van der Waals surface area contributed by atoms with Crippen molar-refractivity contribution in [3.63, 3.8) is 0 Å². The van der Waals surface area contributed by atoms with Crippen molar-refractivity contribution in [3.8, 4) is 0 Å². The van der Waals surface area contributed by atoms with Gasteiger partial charge >= 0.3 is 0 Å². The van der Waals surface area contributed by atoms with E-state index in [1.807, 2.05) is 18.2 Å². The molecule has 0 spiro atoms. The average Bonchev–Trinajstić information content (AvgIpc) is 2.37. The summed E-state index contributed by atoms with van der Waals surface area (Å²) in [5.74, 6) is 0.256. The standard InChI is InChI=1S/C15H25N3/c1-3-4-8-11-18(2)14(12-15(16)17)13-9-6-5-7-10-13/h5-7,9-10,14H,3-4,8,11-12H2,1-2H3,(H3,16,17). The molecule has 1 unspecified atom stereocenters. The van der Waals surface area contributed by atoms with Gasteiger partial charge in [0.25, 0.3) is 0 Å². The third kappa shape index (κ3) is 4.88. The minimum atomic E-state index is 0.223. The van der Waals surface area contributed by atoms with Crippen LogP contribution in [-0.4, -0.2) is 24.3 Å². The summed E-state index contributed by atoms with van der Waals surface area (Å²) < 4.78 is 0. The van der Waals surface area contributed by atoms with Gasteiger partial charge in [-0.25, -0.2) is 0 Å². The van der Waals surface area contributed by atoms with Gasteiger partial charge in [0.05, 0.1) is 5.84 Å². The Morgan fingerprint density at radius 1 is 1.28 bits per heavy atom. The van der Waals surface area contributed by atoms with E-state index in [1.165, 1.54) is 24.8 Å². The molecule has 0 amide bonds. The number of nitrogens with zero attached hydrogens (tertiary/aromatic N) is 1. The van der Waals surface area contributed by atoms with Crippen LogP contribution in [0.25, 0.3) is 0 Å². The van der Waals surface area contributed by atoms with E-state index in [9.17, 15) is 0 Å². The van der Waals surface area contributed by atoms with Crippen molar-refractivity contribution in [1.82, 2.24) is 4.90 Å². The van der Waals surface area contributed by atoms with Crippen LogP contribution in [0.5, 0.6) is 0 Å². The first-order valence-corrected chi connectivity index (χ1v) is 6.73. The molecular weight excluding hydrogens is 222 g/mol. The first-order chi connectivity index (χ1) is 8.65. The number of benzene rings is 1. The van der Waals surface area contributed by atoms with E-state index >= 15 is 0 Å². The fourth-order valence-electron chi connectivity index (χ4n) is 2.18. The van der Waals surface area contributed by atoms with Crippen LogP contribution in [-0.2, 0) is 0 Å². The van der Waals surface area contributed by atoms with E-state index in [0.717, 1.165) is 6.54 Å². The molecule has 3 heteroatoms. The highest BCUT2D eigenvalue weighted by atomic mass is 15.1. The molecule has 0 bridgehead atoms. The zero-order valence-corrected chi connectivity index (χ0v) is 11.5. The number of nitrogens with two attached hydrogens (primary N) is 1. The van der Waals surface area contributed by atoms with Crippen LogP contribution >= 0.6 is 0 Å². The van der Waals surface area contributed by atoms with Crippen LogP contribution in [0.15, 0.2) is 30.3 Å². The Hall–Kier alpha value is -1.35. The first-order valence-electron chi connectivity index (χ1n) is 6.73. The molecule has 1 atom stereocenters. The molecule has 0 saturated carbocycles. The molecule has 1 aromatic carbocycles. The summed E-state index contributed by atoms with van der Waals surface area (Å²) in [5.41, 5.74) is 6.82. The minimum absolute atomic E-state index is 0.223. The van der Waals surface area contributed by atoms with E-state index in [-0.39, 0.29) is 11.9 Å². The average molecular weight is 247 g/mol. The van der Waals surface area contributed by atoms with Gasteiger partial charge in [-0.1, -0.05) is 50.1 Å². The second-order valence-electron chi connectivity index (χ2n) is 4.84. The monoisotopic (exact) mass is 247 g/mol. The van der Waals surface area contributed by atoms with Gasteiger partial charge in [-0.2, -0.15) is 0 Å². The van der Waals surface area contributed by atoms with E-state index < -0.39 is 0 Å². The van der Waals surface area contributed by atoms with E-state index in [0.29, 0.717) is 6.42 Å². The lowest BCUT2D eigenvalue weighted by atomic mass is 10.0. The fourth-order valence-corrected chi connectivity index (χ4v) is 2.18. The van der Waals surface area contributed by atoms with Crippen molar-refractivity contribution in [1.29, 1.82) is 5.41 Å². The Morgan fingerprint density at radius 2 is 1.94 bits per heavy atom. The summed E-state index contributed by atoms with van der Waals surface area (Å²) in [6, 6.07) is 10.6. The number of hydrogen-bond acceptors (Lipinski definition) is 2. The molecule has 0 fully saturated rings. The van der Waals surface area contributed by atoms with Gasteiger partial charge in [0.2, 0.25) is 0 Å². The summed E-state index contributed by atoms with van der Waals surface area (Å²) in [6.07, 6.45) is 4.29. The summed E-state index contributed by atoms with van der Waals surface area (Å²) in [4.78, 5) is 2.31. The van der Waals surface area contributed by atoms with Crippen LogP contribution in [0, 0.1) is 5.41 Å². The summed E-state index contributed by atoms with van der Waals surface area (Å²) in [5, 5.41) is 7.53. The van der Waals surface area contributed by atoms with Crippen molar-refractivity contribution < 1.29 is 0 Å². The van der Waals surface area contributed by atoms with Gasteiger partial charge in [-0.15, -0.1) is 0 Å². The summed E-state index contributed by atoms with van der Waals surface area (Å²) >= 11 is 0. The lowest BCUT2D eigenvalue weighted by molar-refractivity contribution is 0.244. The third-order valence-corrected chi connectivity index (χ3v) is 3.24. The van der Waals surface area contributed by atoms with Crippen molar-refractivity contribution in [3.05, 3.63) is 35.9 Å². The molecule has 3 nitrogen and oxygen atoms in total. The van der Waals surface area contributed by atoms with Gasteiger partial charge in [0, 0.05) is 12.5 Å². The molecule has 0 aliphatic rings. The molecular formula is C15H25N3. The maximum Gasteiger partial charge on any atom is 0.0924 e. The molecule has 100 valence electrons. The maximum absolute atomic E-state index is 7.53. The van der Waals surface area contributed by atoms with Crippen LogP contribution in [0.1, 0.15) is 44.2 Å². The molecule has 0 aliphatic heterocycles. The molecule has 18 heavy (non-hydrogen) atoms. The lowest BCUT2D eigenvalue weighted by Crippen LogP contribution is -2.29. The molecule has 0 radical (unpaired) electrons. The van der Waals surface area contributed by atoms with Crippen molar-refractivity contribution in [2.45, 2.75) is 38.6 Å². The highest BCUT2D eigenvalue weighted by molar-refractivity contribution is 5.77. The number of rotatable bonds is 8. The number of amidine groups is 1. The highest BCUT2D eigenvalue weighted by Crippen LogP contribution is 2.23.